The molecule has 3 saturated carbocycles. The number of rotatable bonds is 4. The molecule has 3 aliphatic carbocycles. The number of carbonyl (C=O) groups is 2. The van der Waals surface area contributed by atoms with Gasteiger partial charge in [0.15, 0.2) is 0 Å². The van der Waals surface area contributed by atoms with E-state index in [1.54, 1.807) is 0 Å². The van der Waals surface area contributed by atoms with E-state index in [9.17, 15) is 28.3 Å². The van der Waals surface area contributed by atoms with E-state index in [0.29, 0.717) is 19.0 Å². The van der Waals surface area contributed by atoms with Gasteiger partial charge in [0.05, 0.1) is 33.6 Å². The first-order chi connectivity index (χ1) is 16.4. The molecule has 7 nitrogen and oxygen atoms in total. The fourth-order valence-electron chi connectivity index (χ4n) is 5.10. The number of benzene rings is 1. The number of hydrogen-bond donors (Lipinski definition) is 2. The highest BCUT2D eigenvalue weighted by Gasteiger charge is 2.53. The van der Waals surface area contributed by atoms with Crippen LogP contribution in [0.4, 0.5) is 18.9 Å². The van der Waals surface area contributed by atoms with Crippen molar-refractivity contribution >= 4 is 40.1 Å². The molecule has 1 aromatic heterocycles. The number of nitrogens with zero attached hydrogens (tertiary/aromatic N) is 2. The van der Waals surface area contributed by atoms with E-state index in [1.807, 2.05) is 4.90 Å². The molecule has 1 aliphatic heterocycles. The summed E-state index contributed by atoms with van der Waals surface area (Å²) >= 11 is 6.61. The molecule has 6 rings (SSSR count). The van der Waals surface area contributed by atoms with Gasteiger partial charge in [-0.25, -0.2) is 18.0 Å². The summed E-state index contributed by atoms with van der Waals surface area (Å²) in [6.45, 7) is 3.50. The number of aromatic carboxylic acids is 1. The second-order valence-corrected chi connectivity index (χ2v) is 10.5. The van der Waals surface area contributed by atoms with E-state index in [1.165, 1.54) is 4.57 Å². The number of carboxylic acid groups (broad SMARTS) is 2. The van der Waals surface area contributed by atoms with E-state index in [4.69, 9.17) is 16.7 Å². The Kier molecular flexibility index (Phi) is 5.58. The third-order valence-corrected chi connectivity index (χ3v) is 8.09. The van der Waals surface area contributed by atoms with Crippen molar-refractivity contribution in [2.75, 3.05) is 18.0 Å². The predicted molar refractivity (Wildman–Crippen MR) is 122 cm³/mol. The van der Waals surface area contributed by atoms with Crippen LogP contribution in [0.2, 0.25) is 5.02 Å². The summed E-state index contributed by atoms with van der Waals surface area (Å²) in [5.41, 5.74) is -0.685. The number of aliphatic carboxylic acids is 1. The zero-order chi connectivity index (χ0) is 25.4. The molecule has 1 unspecified atom stereocenters. The van der Waals surface area contributed by atoms with Crippen LogP contribution in [0, 0.1) is 23.1 Å². The highest BCUT2D eigenvalue weighted by Crippen LogP contribution is 2.57. The second-order valence-electron chi connectivity index (χ2n) is 10.2. The Morgan fingerprint density at radius 1 is 1.17 bits per heavy atom. The van der Waals surface area contributed by atoms with Crippen molar-refractivity contribution in [2.45, 2.75) is 51.0 Å². The highest BCUT2D eigenvalue weighted by molar-refractivity contribution is 6.38. The average Bonchev–Trinajstić information content (AvgIpc) is 3.69. The van der Waals surface area contributed by atoms with E-state index in [0.717, 1.165) is 25.1 Å². The molecule has 2 aromatic rings. The van der Waals surface area contributed by atoms with Crippen molar-refractivity contribution in [3.63, 3.8) is 0 Å². The van der Waals surface area contributed by atoms with Crippen LogP contribution in [0.3, 0.4) is 0 Å². The third-order valence-electron chi connectivity index (χ3n) is 7.74. The first kappa shape index (κ1) is 24.0. The van der Waals surface area contributed by atoms with Crippen LogP contribution < -0.4 is 10.3 Å². The maximum atomic E-state index is 15.1. The van der Waals surface area contributed by atoms with Crippen LogP contribution in [0.15, 0.2) is 17.1 Å². The average molecular weight is 513 g/mol. The Labute approximate surface area is 203 Å². The number of aromatic nitrogens is 1. The lowest BCUT2D eigenvalue weighted by atomic mass is 9.95. The number of anilines is 1. The molecule has 2 N–H and O–H groups in total. The summed E-state index contributed by atoms with van der Waals surface area (Å²) in [4.78, 5) is 35.7. The number of fused-ring (bicyclic) bond motifs is 1. The normalized spacial score (nSPS) is 29.6. The molecular weight excluding hydrogens is 489 g/mol. The minimum absolute atomic E-state index is 0.0491. The topological polar surface area (TPSA) is 99.8 Å². The van der Waals surface area contributed by atoms with Gasteiger partial charge in [-0.15, -0.1) is 0 Å². The molecule has 4 aliphatic rings. The molecule has 1 saturated heterocycles. The van der Waals surface area contributed by atoms with Crippen molar-refractivity contribution in [3.8, 4) is 0 Å². The molecule has 2 heterocycles. The summed E-state index contributed by atoms with van der Waals surface area (Å²) in [7, 11) is 0. The Hall–Kier alpha value is -2.75. The predicted octanol–water partition coefficient (Wildman–Crippen LogP) is 4.44. The first-order valence-electron chi connectivity index (χ1n) is 11.5. The molecule has 4 fully saturated rings. The summed E-state index contributed by atoms with van der Waals surface area (Å²) in [6.07, 6.45) is 1.58. The minimum atomic E-state index is -1.43. The maximum absolute atomic E-state index is 15.1. The molecule has 1 spiro atoms. The Morgan fingerprint density at radius 3 is 2.23 bits per heavy atom. The van der Waals surface area contributed by atoms with Gasteiger partial charge >= 0.3 is 11.9 Å². The maximum Gasteiger partial charge on any atom is 0.341 e. The van der Waals surface area contributed by atoms with E-state index >= 15 is 4.39 Å². The van der Waals surface area contributed by atoms with Gasteiger partial charge in [0.2, 0.25) is 5.43 Å². The smallest absolute Gasteiger partial charge is 0.341 e. The van der Waals surface area contributed by atoms with Gasteiger partial charge in [0.25, 0.3) is 0 Å². The SMILES string of the molecule is C[C@@H]1CN(c2c(F)cc3c(=O)c(C(=O)O)cn(C4C[C@@H]4F)c3c2Cl)CC12CC2.O=C(O)[C@@H]1C[C@@H]1F. The van der Waals surface area contributed by atoms with Crippen LogP contribution in [0.5, 0.6) is 0 Å². The number of halogens is 4. The lowest BCUT2D eigenvalue weighted by Gasteiger charge is -2.23. The summed E-state index contributed by atoms with van der Waals surface area (Å²) < 4.78 is 41.9. The van der Waals surface area contributed by atoms with Crippen molar-refractivity contribution < 1.29 is 33.0 Å². The lowest BCUT2D eigenvalue weighted by molar-refractivity contribution is -0.138. The third kappa shape index (κ3) is 4.05. The molecule has 188 valence electrons. The fourth-order valence-corrected chi connectivity index (χ4v) is 5.51. The van der Waals surface area contributed by atoms with E-state index in [2.05, 4.69) is 6.92 Å². The minimum Gasteiger partial charge on any atom is -0.481 e. The molecule has 5 atom stereocenters. The van der Waals surface area contributed by atoms with Gasteiger partial charge in [0, 0.05) is 25.7 Å². The van der Waals surface area contributed by atoms with Crippen molar-refractivity contribution in [1.29, 1.82) is 0 Å². The van der Waals surface area contributed by atoms with Gasteiger partial charge in [-0.1, -0.05) is 18.5 Å². The molecular formula is C24H24ClF3N2O5. The van der Waals surface area contributed by atoms with Gasteiger partial charge in [-0.2, -0.15) is 0 Å². The Balaban J connectivity index is 0.000000313. The summed E-state index contributed by atoms with van der Waals surface area (Å²) in [5.74, 6) is -3.36. The fraction of sp³-hybridized carbons (Fsp3) is 0.542. The second kappa shape index (κ2) is 8.15. The van der Waals surface area contributed by atoms with Crippen LogP contribution in [-0.4, -0.2) is 52.2 Å². The summed E-state index contributed by atoms with van der Waals surface area (Å²) in [6, 6.07) is 0.462. The van der Waals surface area contributed by atoms with E-state index < -0.39 is 53.1 Å². The Morgan fingerprint density at radius 2 is 1.80 bits per heavy atom. The molecule has 0 amide bonds. The van der Waals surface area contributed by atoms with Gasteiger partial charge < -0.3 is 19.7 Å². The summed E-state index contributed by atoms with van der Waals surface area (Å²) in [5, 5.41) is 17.2. The number of pyridine rings is 1. The zero-order valence-electron chi connectivity index (χ0n) is 18.8. The van der Waals surface area contributed by atoms with Gasteiger partial charge in [0.1, 0.15) is 23.7 Å². The van der Waals surface area contributed by atoms with Gasteiger partial charge in [-0.3, -0.25) is 9.59 Å². The number of carboxylic acids is 2. The van der Waals surface area contributed by atoms with E-state index in [-0.39, 0.29) is 39.9 Å². The lowest BCUT2D eigenvalue weighted by Crippen LogP contribution is -2.24. The van der Waals surface area contributed by atoms with Crippen LogP contribution in [0.1, 0.15) is 49.0 Å². The molecule has 11 heteroatoms. The van der Waals surface area contributed by atoms with Crippen molar-refractivity contribution in [2.24, 2.45) is 17.3 Å². The quantitative estimate of drug-likeness (QED) is 0.628. The molecule has 1 aromatic carbocycles. The number of hydrogen-bond acceptors (Lipinski definition) is 4. The highest BCUT2D eigenvalue weighted by atomic mass is 35.5. The number of alkyl halides is 2. The monoisotopic (exact) mass is 512 g/mol. The molecule has 0 bridgehead atoms. The molecule has 0 radical (unpaired) electrons. The van der Waals surface area contributed by atoms with Crippen LogP contribution >= 0.6 is 11.6 Å². The molecule has 35 heavy (non-hydrogen) atoms. The standard InChI is InChI=1S/C20H19ClF2N2O3.C4H5FO2/c1-9-6-24(8-20(9)2-3-20)17-13(23)4-10-16(15(17)21)25(14-5-12(14)22)7-11(18(10)26)19(27)28;5-3-1-2(3)4(6)7/h4,7,9,12,14H,2-3,5-6,8H2,1H3,(H,27,28);2-3H,1H2,(H,6,7)/t9-,12+,14?;2-,3+/m11/s1. The van der Waals surface area contributed by atoms with Gasteiger partial charge in [-0.05, 0) is 36.7 Å². The zero-order valence-corrected chi connectivity index (χ0v) is 19.6. The Bertz CT molecular complexity index is 1310. The van der Waals surface area contributed by atoms with Crippen LogP contribution in [0.25, 0.3) is 10.9 Å². The largest absolute Gasteiger partial charge is 0.481 e. The van der Waals surface area contributed by atoms with Crippen molar-refractivity contribution in [1.82, 2.24) is 4.57 Å². The first-order valence-corrected chi connectivity index (χ1v) is 11.9. The van der Waals surface area contributed by atoms with Crippen molar-refractivity contribution in [3.05, 3.63) is 38.9 Å². The van der Waals surface area contributed by atoms with Crippen LogP contribution in [-0.2, 0) is 4.79 Å².